The summed E-state index contributed by atoms with van der Waals surface area (Å²) in [5, 5.41) is 2.21. The topological polar surface area (TPSA) is 72.5 Å². The predicted molar refractivity (Wildman–Crippen MR) is 58.9 cm³/mol. The number of fused-ring (bicyclic) bond motifs is 1. The van der Waals surface area contributed by atoms with Crippen LogP contribution in [0.3, 0.4) is 0 Å². The number of ether oxygens (including phenoxy) is 1. The number of ketones is 2. The molecule has 0 radical (unpaired) electrons. The van der Waals surface area contributed by atoms with E-state index in [1.165, 1.54) is 7.11 Å². The van der Waals surface area contributed by atoms with Crippen molar-refractivity contribution in [3.63, 3.8) is 0 Å². The lowest BCUT2D eigenvalue weighted by molar-refractivity contribution is -0.114. The zero-order chi connectivity index (χ0) is 12.4. The van der Waals surface area contributed by atoms with Crippen molar-refractivity contribution in [3.8, 4) is 0 Å². The Morgan fingerprint density at radius 2 is 1.76 bits per heavy atom. The summed E-state index contributed by atoms with van der Waals surface area (Å²) in [6.45, 7) is 0. The van der Waals surface area contributed by atoms with Crippen LogP contribution in [0.15, 0.2) is 30.0 Å². The minimum absolute atomic E-state index is 0.119. The highest BCUT2D eigenvalue weighted by Gasteiger charge is 2.33. The van der Waals surface area contributed by atoms with Crippen LogP contribution in [0.4, 0.5) is 0 Å². The van der Waals surface area contributed by atoms with Crippen LogP contribution in [-0.2, 0) is 14.3 Å². The van der Waals surface area contributed by atoms with Crippen LogP contribution < -0.4 is 5.32 Å². The summed E-state index contributed by atoms with van der Waals surface area (Å²) < 4.78 is 5.09. The monoisotopic (exact) mass is 231 g/mol. The molecule has 0 spiro atoms. The zero-order valence-corrected chi connectivity index (χ0v) is 9.02. The molecule has 1 N–H and O–H groups in total. The Morgan fingerprint density at radius 3 is 2.35 bits per heavy atom. The van der Waals surface area contributed by atoms with E-state index in [1.54, 1.807) is 24.3 Å². The molecule has 0 aliphatic heterocycles. The standard InChI is InChI=1S/C12H9NO4/c1-17-12-8-5-3-2-4-7(8)10(15)11(16)9(12)13-6-14/h2-6H,1H3,(H,13,14). The minimum Gasteiger partial charge on any atom is -0.494 e. The SMILES string of the molecule is COC1=C(NC=O)C(=O)C(=O)c2ccccc21. The van der Waals surface area contributed by atoms with E-state index in [9.17, 15) is 14.4 Å². The van der Waals surface area contributed by atoms with Crippen molar-refractivity contribution in [3.05, 3.63) is 41.1 Å². The van der Waals surface area contributed by atoms with Gasteiger partial charge in [-0.05, 0) is 0 Å². The molecular formula is C12H9NO4. The van der Waals surface area contributed by atoms with Gasteiger partial charge < -0.3 is 10.1 Å². The maximum Gasteiger partial charge on any atom is 0.253 e. The quantitative estimate of drug-likeness (QED) is 0.607. The molecule has 0 bridgehead atoms. The maximum absolute atomic E-state index is 11.8. The van der Waals surface area contributed by atoms with Crippen LogP contribution in [0.25, 0.3) is 5.76 Å². The van der Waals surface area contributed by atoms with Gasteiger partial charge in [0.15, 0.2) is 5.76 Å². The predicted octanol–water partition coefficient (Wildman–Crippen LogP) is 0.513. The highest BCUT2D eigenvalue weighted by atomic mass is 16.5. The number of amides is 1. The van der Waals surface area contributed by atoms with Crippen LogP contribution in [0.2, 0.25) is 0 Å². The second-order valence-electron chi connectivity index (χ2n) is 3.37. The van der Waals surface area contributed by atoms with E-state index in [4.69, 9.17) is 4.74 Å². The first-order chi connectivity index (χ1) is 8.20. The number of carbonyl (C=O) groups excluding carboxylic acids is 3. The van der Waals surface area contributed by atoms with Crippen LogP contribution in [-0.4, -0.2) is 25.1 Å². The van der Waals surface area contributed by atoms with E-state index >= 15 is 0 Å². The molecule has 1 amide bonds. The summed E-state index contributed by atoms with van der Waals surface area (Å²) in [4.78, 5) is 33.9. The fourth-order valence-corrected chi connectivity index (χ4v) is 1.75. The highest BCUT2D eigenvalue weighted by Crippen LogP contribution is 2.28. The second kappa shape index (κ2) is 4.21. The van der Waals surface area contributed by atoms with Gasteiger partial charge in [-0.2, -0.15) is 0 Å². The molecule has 0 aromatic heterocycles. The fraction of sp³-hybridized carbons (Fsp3) is 0.0833. The Balaban J connectivity index is 2.70. The van der Waals surface area contributed by atoms with Crippen LogP contribution in [0.5, 0.6) is 0 Å². The van der Waals surface area contributed by atoms with Crippen molar-refractivity contribution >= 4 is 23.7 Å². The summed E-state index contributed by atoms with van der Waals surface area (Å²) in [7, 11) is 1.38. The molecule has 5 nitrogen and oxygen atoms in total. The third kappa shape index (κ3) is 1.61. The van der Waals surface area contributed by atoms with Gasteiger partial charge in [0.2, 0.25) is 12.2 Å². The number of allylic oxidation sites excluding steroid dienone is 1. The largest absolute Gasteiger partial charge is 0.494 e. The lowest BCUT2D eigenvalue weighted by atomic mass is 9.91. The molecule has 1 aromatic rings. The fourth-order valence-electron chi connectivity index (χ4n) is 1.75. The lowest BCUT2D eigenvalue weighted by Gasteiger charge is -2.19. The van der Waals surface area contributed by atoms with E-state index in [0.29, 0.717) is 12.0 Å². The summed E-state index contributed by atoms with van der Waals surface area (Å²) in [5.74, 6) is -1.21. The average molecular weight is 231 g/mol. The van der Waals surface area contributed by atoms with Gasteiger partial charge in [0.1, 0.15) is 5.70 Å². The summed E-state index contributed by atoms with van der Waals surface area (Å²) >= 11 is 0. The Labute approximate surface area is 97.1 Å². The third-order valence-corrected chi connectivity index (χ3v) is 2.48. The van der Waals surface area contributed by atoms with Crippen molar-refractivity contribution in [2.75, 3.05) is 7.11 Å². The Morgan fingerprint density at radius 1 is 1.12 bits per heavy atom. The average Bonchev–Trinajstić information content (AvgIpc) is 2.36. The number of Topliss-reactive ketones (excluding diaryl/α,β-unsaturated/α-hetero) is 2. The maximum atomic E-state index is 11.8. The normalized spacial score (nSPS) is 14.4. The molecule has 86 valence electrons. The van der Waals surface area contributed by atoms with Crippen molar-refractivity contribution < 1.29 is 19.1 Å². The van der Waals surface area contributed by atoms with E-state index in [1.807, 2.05) is 0 Å². The van der Waals surface area contributed by atoms with Crippen LogP contribution in [0, 0.1) is 0 Å². The molecule has 1 aromatic carbocycles. The van der Waals surface area contributed by atoms with Gasteiger partial charge in [-0.15, -0.1) is 0 Å². The van der Waals surface area contributed by atoms with E-state index < -0.39 is 11.6 Å². The van der Waals surface area contributed by atoms with Gasteiger partial charge >= 0.3 is 0 Å². The number of rotatable bonds is 3. The van der Waals surface area contributed by atoms with Gasteiger partial charge in [0.05, 0.1) is 7.11 Å². The molecule has 0 fully saturated rings. The lowest BCUT2D eigenvalue weighted by Crippen LogP contribution is -2.31. The molecule has 0 unspecified atom stereocenters. The summed E-state index contributed by atoms with van der Waals surface area (Å²) in [6.07, 6.45) is 0.341. The molecule has 0 heterocycles. The molecular weight excluding hydrogens is 222 g/mol. The summed E-state index contributed by atoms with van der Waals surface area (Å²) in [6, 6.07) is 6.59. The smallest absolute Gasteiger partial charge is 0.253 e. The number of carbonyl (C=O) groups is 3. The van der Waals surface area contributed by atoms with Crippen LogP contribution in [0.1, 0.15) is 15.9 Å². The first-order valence-electron chi connectivity index (χ1n) is 4.87. The van der Waals surface area contributed by atoms with Crippen molar-refractivity contribution in [2.45, 2.75) is 0 Å². The van der Waals surface area contributed by atoms with Crippen molar-refractivity contribution in [2.24, 2.45) is 0 Å². The van der Waals surface area contributed by atoms with Gasteiger partial charge in [-0.3, -0.25) is 14.4 Å². The first kappa shape index (κ1) is 11.1. The number of hydrogen-bond donors (Lipinski definition) is 1. The minimum atomic E-state index is -0.771. The van der Waals surface area contributed by atoms with E-state index in [0.717, 1.165) is 0 Å². The Hall–Kier alpha value is -2.43. The molecule has 1 aliphatic carbocycles. The van der Waals surface area contributed by atoms with Crippen LogP contribution >= 0.6 is 0 Å². The van der Waals surface area contributed by atoms with Crippen molar-refractivity contribution in [1.82, 2.24) is 5.32 Å². The number of methoxy groups -OCH3 is 1. The second-order valence-corrected chi connectivity index (χ2v) is 3.37. The third-order valence-electron chi connectivity index (χ3n) is 2.48. The van der Waals surface area contributed by atoms with Gasteiger partial charge in [0, 0.05) is 11.1 Å². The van der Waals surface area contributed by atoms with E-state index in [-0.39, 0.29) is 17.0 Å². The molecule has 17 heavy (non-hydrogen) atoms. The van der Waals surface area contributed by atoms with Gasteiger partial charge in [-0.25, -0.2) is 0 Å². The molecule has 5 heteroatoms. The molecule has 0 atom stereocenters. The Kier molecular flexibility index (Phi) is 2.74. The molecule has 0 saturated carbocycles. The highest BCUT2D eigenvalue weighted by molar-refractivity contribution is 6.52. The molecule has 1 aliphatic rings. The van der Waals surface area contributed by atoms with Crippen molar-refractivity contribution in [1.29, 1.82) is 0 Å². The van der Waals surface area contributed by atoms with Gasteiger partial charge in [0.25, 0.3) is 5.78 Å². The number of hydrogen-bond acceptors (Lipinski definition) is 4. The zero-order valence-electron chi connectivity index (χ0n) is 9.02. The van der Waals surface area contributed by atoms with E-state index in [2.05, 4.69) is 5.32 Å². The Bertz CT molecular complexity index is 545. The number of nitrogens with one attached hydrogen (secondary N) is 1. The first-order valence-corrected chi connectivity index (χ1v) is 4.87. The summed E-state index contributed by atoms with van der Waals surface area (Å²) in [5.41, 5.74) is 0.668. The molecule has 0 saturated heterocycles. The van der Waals surface area contributed by atoms with Gasteiger partial charge in [-0.1, -0.05) is 24.3 Å². The number of benzene rings is 1. The molecule has 2 rings (SSSR count).